The third-order valence-electron chi connectivity index (χ3n) is 2.97. The van der Waals surface area contributed by atoms with Crippen LogP contribution < -0.4 is 5.32 Å². The lowest BCUT2D eigenvalue weighted by Gasteiger charge is -2.28. The van der Waals surface area contributed by atoms with Gasteiger partial charge in [0.1, 0.15) is 0 Å². The van der Waals surface area contributed by atoms with Crippen LogP contribution in [0.1, 0.15) is 45.4 Å². The van der Waals surface area contributed by atoms with E-state index in [0.717, 1.165) is 6.54 Å². The Morgan fingerprint density at radius 2 is 1.85 bits per heavy atom. The van der Waals surface area contributed by atoms with Gasteiger partial charge in [0.25, 0.3) is 0 Å². The molecule has 0 aliphatic heterocycles. The molecule has 1 aliphatic rings. The standard InChI is InChI=1S/C11H23NO/c1-3-12-10-8-6-4-5-7-9-11(10)13-2/h10-12H,3-9H2,1-2H3/t10-,11+/m1/s1. The molecule has 0 spiro atoms. The zero-order valence-corrected chi connectivity index (χ0v) is 9.01. The minimum Gasteiger partial charge on any atom is -0.380 e. The summed E-state index contributed by atoms with van der Waals surface area (Å²) in [5, 5.41) is 3.53. The lowest BCUT2D eigenvalue weighted by molar-refractivity contribution is 0.0524. The molecule has 0 bridgehead atoms. The molecule has 78 valence electrons. The van der Waals surface area contributed by atoms with Crippen LogP contribution >= 0.6 is 0 Å². The summed E-state index contributed by atoms with van der Waals surface area (Å²) in [6.45, 7) is 3.23. The molecular weight excluding hydrogens is 162 g/mol. The Balaban J connectivity index is 2.40. The molecular formula is C11H23NO. The molecule has 0 heterocycles. The third-order valence-corrected chi connectivity index (χ3v) is 2.97. The molecule has 1 fully saturated rings. The maximum Gasteiger partial charge on any atom is 0.0724 e. The first-order valence-electron chi connectivity index (χ1n) is 5.64. The van der Waals surface area contributed by atoms with Crippen molar-refractivity contribution in [1.29, 1.82) is 0 Å². The fraction of sp³-hybridized carbons (Fsp3) is 1.00. The van der Waals surface area contributed by atoms with Gasteiger partial charge in [-0.25, -0.2) is 0 Å². The topological polar surface area (TPSA) is 21.3 Å². The summed E-state index contributed by atoms with van der Waals surface area (Å²) < 4.78 is 5.53. The van der Waals surface area contributed by atoms with Crippen molar-refractivity contribution in [3.8, 4) is 0 Å². The van der Waals surface area contributed by atoms with Gasteiger partial charge in [-0.1, -0.05) is 32.6 Å². The van der Waals surface area contributed by atoms with E-state index >= 15 is 0 Å². The van der Waals surface area contributed by atoms with Crippen molar-refractivity contribution in [2.75, 3.05) is 13.7 Å². The SMILES string of the molecule is CCN[C@@H]1CCCCCC[C@@H]1OC. The van der Waals surface area contributed by atoms with Crippen molar-refractivity contribution in [2.45, 2.75) is 57.6 Å². The highest BCUT2D eigenvalue weighted by Crippen LogP contribution is 2.19. The average molecular weight is 185 g/mol. The van der Waals surface area contributed by atoms with Crippen LogP contribution in [-0.2, 0) is 4.74 Å². The molecule has 1 saturated carbocycles. The van der Waals surface area contributed by atoms with E-state index in [1.54, 1.807) is 0 Å². The van der Waals surface area contributed by atoms with Crippen molar-refractivity contribution in [3.05, 3.63) is 0 Å². The number of rotatable bonds is 3. The molecule has 2 nitrogen and oxygen atoms in total. The molecule has 1 N–H and O–H groups in total. The molecule has 0 unspecified atom stereocenters. The molecule has 13 heavy (non-hydrogen) atoms. The molecule has 0 saturated heterocycles. The van der Waals surface area contributed by atoms with Crippen LogP contribution in [0, 0.1) is 0 Å². The van der Waals surface area contributed by atoms with Crippen LogP contribution in [0.25, 0.3) is 0 Å². The van der Waals surface area contributed by atoms with Crippen molar-refractivity contribution in [1.82, 2.24) is 5.32 Å². The Labute approximate surface area is 82.0 Å². The summed E-state index contributed by atoms with van der Waals surface area (Å²) >= 11 is 0. The largest absolute Gasteiger partial charge is 0.380 e. The van der Waals surface area contributed by atoms with Crippen LogP contribution in [0.5, 0.6) is 0 Å². The normalized spacial score (nSPS) is 30.9. The van der Waals surface area contributed by atoms with E-state index < -0.39 is 0 Å². The van der Waals surface area contributed by atoms with Crippen molar-refractivity contribution in [2.24, 2.45) is 0 Å². The minimum absolute atomic E-state index is 0.445. The van der Waals surface area contributed by atoms with E-state index in [1.165, 1.54) is 38.5 Å². The Morgan fingerprint density at radius 3 is 2.46 bits per heavy atom. The van der Waals surface area contributed by atoms with Gasteiger partial charge < -0.3 is 10.1 Å². The molecule has 1 aliphatic carbocycles. The summed E-state index contributed by atoms with van der Waals surface area (Å²) in [6, 6.07) is 0.593. The number of methoxy groups -OCH3 is 1. The maximum atomic E-state index is 5.53. The first-order chi connectivity index (χ1) is 6.38. The van der Waals surface area contributed by atoms with Crippen LogP contribution in [0.3, 0.4) is 0 Å². The predicted octanol–water partition coefficient (Wildman–Crippen LogP) is 2.33. The highest BCUT2D eigenvalue weighted by atomic mass is 16.5. The summed E-state index contributed by atoms with van der Waals surface area (Å²) in [5.74, 6) is 0. The molecule has 0 amide bonds. The Hall–Kier alpha value is -0.0800. The van der Waals surface area contributed by atoms with E-state index in [1.807, 2.05) is 7.11 Å². The van der Waals surface area contributed by atoms with Crippen molar-refractivity contribution >= 4 is 0 Å². The second kappa shape index (κ2) is 6.39. The lowest BCUT2D eigenvalue weighted by Crippen LogP contribution is -2.41. The molecule has 1 rings (SSSR count). The van der Waals surface area contributed by atoms with Gasteiger partial charge in [-0.2, -0.15) is 0 Å². The second-order valence-electron chi connectivity index (χ2n) is 3.93. The van der Waals surface area contributed by atoms with E-state index in [-0.39, 0.29) is 0 Å². The molecule has 0 aromatic rings. The van der Waals surface area contributed by atoms with E-state index in [4.69, 9.17) is 4.74 Å². The second-order valence-corrected chi connectivity index (χ2v) is 3.93. The van der Waals surface area contributed by atoms with Crippen molar-refractivity contribution in [3.63, 3.8) is 0 Å². The zero-order valence-electron chi connectivity index (χ0n) is 9.01. The number of likely N-dealkylation sites (N-methyl/N-ethyl adjacent to an activating group) is 1. The zero-order chi connectivity index (χ0) is 9.52. The first-order valence-corrected chi connectivity index (χ1v) is 5.64. The molecule has 0 radical (unpaired) electrons. The number of hydrogen-bond acceptors (Lipinski definition) is 2. The Morgan fingerprint density at radius 1 is 1.15 bits per heavy atom. The molecule has 0 aromatic carbocycles. The predicted molar refractivity (Wildman–Crippen MR) is 56.0 cm³/mol. The minimum atomic E-state index is 0.445. The van der Waals surface area contributed by atoms with Crippen LogP contribution in [0.15, 0.2) is 0 Å². The lowest BCUT2D eigenvalue weighted by atomic mass is 9.94. The Bertz CT molecular complexity index is 127. The van der Waals surface area contributed by atoms with Gasteiger partial charge in [-0.3, -0.25) is 0 Å². The van der Waals surface area contributed by atoms with Gasteiger partial charge in [0.05, 0.1) is 6.10 Å². The molecule has 2 heteroatoms. The molecule has 2 atom stereocenters. The van der Waals surface area contributed by atoms with E-state index in [9.17, 15) is 0 Å². The number of nitrogens with one attached hydrogen (secondary N) is 1. The van der Waals surface area contributed by atoms with E-state index in [0.29, 0.717) is 12.1 Å². The Kier molecular flexibility index (Phi) is 5.40. The third kappa shape index (κ3) is 3.65. The summed E-state index contributed by atoms with van der Waals surface area (Å²) in [5.41, 5.74) is 0. The molecule has 0 aromatic heterocycles. The monoisotopic (exact) mass is 185 g/mol. The van der Waals surface area contributed by atoms with E-state index in [2.05, 4.69) is 12.2 Å². The fourth-order valence-electron chi connectivity index (χ4n) is 2.23. The van der Waals surface area contributed by atoms with Gasteiger partial charge in [-0.05, 0) is 19.4 Å². The fourth-order valence-corrected chi connectivity index (χ4v) is 2.23. The number of ether oxygens (including phenoxy) is 1. The summed E-state index contributed by atoms with van der Waals surface area (Å²) in [6.07, 6.45) is 8.44. The highest BCUT2D eigenvalue weighted by molar-refractivity contribution is 4.78. The van der Waals surface area contributed by atoms with Crippen LogP contribution in [0.4, 0.5) is 0 Å². The quantitative estimate of drug-likeness (QED) is 0.728. The maximum absolute atomic E-state index is 5.53. The van der Waals surface area contributed by atoms with Crippen LogP contribution in [-0.4, -0.2) is 25.8 Å². The van der Waals surface area contributed by atoms with Crippen molar-refractivity contribution < 1.29 is 4.74 Å². The average Bonchev–Trinajstić information content (AvgIpc) is 2.10. The summed E-state index contributed by atoms with van der Waals surface area (Å²) in [7, 11) is 1.84. The van der Waals surface area contributed by atoms with Crippen LogP contribution in [0.2, 0.25) is 0 Å². The van der Waals surface area contributed by atoms with Gasteiger partial charge in [0, 0.05) is 13.2 Å². The van der Waals surface area contributed by atoms with Gasteiger partial charge >= 0.3 is 0 Å². The van der Waals surface area contributed by atoms with Gasteiger partial charge in [0.15, 0.2) is 0 Å². The van der Waals surface area contributed by atoms with Gasteiger partial charge in [0.2, 0.25) is 0 Å². The first kappa shape index (κ1) is 11.0. The number of hydrogen-bond donors (Lipinski definition) is 1. The summed E-state index contributed by atoms with van der Waals surface area (Å²) in [4.78, 5) is 0. The smallest absolute Gasteiger partial charge is 0.0724 e. The highest BCUT2D eigenvalue weighted by Gasteiger charge is 2.20. The van der Waals surface area contributed by atoms with Gasteiger partial charge in [-0.15, -0.1) is 0 Å².